The molecule has 1 aromatic carbocycles. The van der Waals surface area contributed by atoms with E-state index in [1.54, 1.807) is 12.1 Å². The van der Waals surface area contributed by atoms with Crippen molar-refractivity contribution >= 4 is 22.6 Å². The lowest BCUT2D eigenvalue weighted by Crippen LogP contribution is -2.47. The molecule has 1 aliphatic rings. The fourth-order valence-electron chi connectivity index (χ4n) is 2.97. The van der Waals surface area contributed by atoms with Gasteiger partial charge in [0.25, 0.3) is 0 Å². The topological polar surface area (TPSA) is 58.1 Å². The van der Waals surface area contributed by atoms with Gasteiger partial charge in [0, 0.05) is 30.5 Å². The summed E-state index contributed by atoms with van der Waals surface area (Å²) in [6.45, 7) is 7.06. The van der Waals surface area contributed by atoms with Crippen LogP contribution in [0.3, 0.4) is 0 Å². The van der Waals surface area contributed by atoms with Gasteiger partial charge in [-0.3, -0.25) is 4.79 Å². The molecule has 0 spiro atoms. The number of anilines is 1. The van der Waals surface area contributed by atoms with Crippen molar-refractivity contribution in [2.45, 2.75) is 52.1 Å². The summed E-state index contributed by atoms with van der Waals surface area (Å²) in [6.07, 6.45) is 2.37. The molecule has 2 atom stereocenters. The van der Waals surface area contributed by atoms with Crippen LogP contribution in [0.2, 0.25) is 0 Å². The van der Waals surface area contributed by atoms with Gasteiger partial charge in [-0.25, -0.2) is 9.37 Å². The Morgan fingerprint density at radius 1 is 1.35 bits per heavy atom. The quantitative estimate of drug-likeness (QED) is 0.839. The minimum absolute atomic E-state index is 0.0685. The number of halogens is 1. The van der Waals surface area contributed by atoms with Crippen molar-refractivity contribution in [2.24, 2.45) is 5.92 Å². The third-order valence-electron chi connectivity index (χ3n) is 4.90. The molecule has 140 valence electrons. The molecule has 5 nitrogen and oxygen atoms in total. The van der Waals surface area contributed by atoms with Crippen molar-refractivity contribution in [3.05, 3.63) is 41.5 Å². The Labute approximate surface area is 157 Å². The van der Waals surface area contributed by atoms with Gasteiger partial charge in [-0.05, 0) is 43.4 Å². The van der Waals surface area contributed by atoms with E-state index in [2.05, 4.69) is 33.4 Å². The predicted molar refractivity (Wildman–Crippen MR) is 102 cm³/mol. The standard InChI is InChI=1S/C19H25FN4OS/c1-12(2)13(3)21-18(25)16-5-4-10-24(16)19-22-17(23-26-19)11-14-6-8-15(20)9-7-14/h6-9,12-13,16H,4-5,10-11H2,1-3H3,(H,21,25)/t13-,16-/m0/s1. The maximum absolute atomic E-state index is 13.0. The summed E-state index contributed by atoms with van der Waals surface area (Å²) in [5.41, 5.74) is 0.970. The molecule has 7 heteroatoms. The van der Waals surface area contributed by atoms with Crippen LogP contribution in [-0.2, 0) is 11.2 Å². The number of hydrogen-bond acceptors (Lipinski definition) is 5. The number of benzene rings is 1. The van der Waals surface area contributed by atoms with Gasteiger partial charge in [0.2, 0.25) is 11.0 Å². The van der Waals surface area contributed by atoms with Gasteiger partial charge in [-0.15, -0.1) is 0 Å². The average molecular weight is 377 g/mol. The summed E-state index contributed by atoms with van der Waals surface area (Å²) < 4.78 is 17.4. The molecule has 3 rings (SSSR count). The van der Waals surface area contributed by atoms with Crippen LogP contribution < -0.4 is 10.2 Å². The molecule has 0 bridgehead atoms. The molecule has 1 saturated heterocycles. The molecule has 0 unspecified atom stereocenters. The van der Waals surface area contributed by atoms with Gasteiger partial charge in [-0.1, -0.05) is 26.0 Å². The lowest BCUT2D eigenvalue weighted by atomic mass is 10.1. The maximum Gasteiger partial charge on any atom is 0.243 e. The summed E-state index contributed by atoms with van der Waals surface area (Å²) >= 11 is 1.33. The van der Waals surface area contributed by atoms with Crippen LogP contribution in [-0.4, -0.2) is 33.9 Å². The van der Waals surface area contributed by atoms with Crippen LogP contribution in [0.5, 0.6) is 0 Å². The van der Waals surface area contributed by atoms with Crippen molar-refractivity contribution in [3.8, 4) is 0 Å². The first-order valence-electron chi connectivity index (χ1n) is 9.08. The molecule has 1 amide bonds. The van der Waals surface area contributed by atoms with Crippen LogP contribution in [0, 0.1) is 11.7 Å². The highest BCUT2D eigenvalue weighted by Crippen LogP contribution is 2.28. The molecule has 1 aliphatic heterocycles. The Hall–Kier alpha value is -2.02. The van der Waals surface area contributed by atoms with Crippen molar-refractivity contribution in [1.29, 1.82) is 0 Å². The SMILES string of the molecule is CC(C)[C@H](C)NC(=O)[C@@H]1CCCN1c1nc(Cc2ccc(F)cc2)ns1. The molecular formula is C19H25FN4OS. The Morgan fingerprint density at radius 2 is 2.08 bits per heavy atom. The van der Waals surface area contributed by atoms with Crippen molar-refractivity contribution in [3.63, 3.8) is 0 Å². The Morgan fingerprint density at radius 3 is 2.77 bits per heavy atom. The largest absolute Gasteiger partial charge is 0.352 e. The van der Waals surface area contributed by atoms with Gasteiger partial charge in [0.05, 0.1) is 0 Å². The number of carbonyl (C=O) groups is 1. The summed E-state index contributed by atoms with van der Waals surface area (Å²) in [7, 11) is 0. The van der Waals surface area contributed by atoms with E-state index in [-0.39, 0.29) is 23.8 Å². The van der Waals surface area contributed by atoms with E-state index in [0.29, 0.717) is 18.2 Å². The zero-order valence-electron chi connectivity index (χ0n) is 15.4. The van der Waals surface area contributed by atoms with Gasteiger partial charge >= 0.3 is 0 Å². The first-order valence-corrected chi connectivity index (χ1v) is 9.85. The summed E-state index contributed by atoms with van der Waals surface area (Å²) in [5.74, 6) is 0.928. The van der Waals surface area contributed by atoms with Crippen LogP contribution in [0.1, 0.15) is 45.0 Å². The van der Waals surface area contributed by atoms with E-state index in [0.717, 1.165) is 30.1 Å². The molecule has 0 aliphatic carbocycles. The third-order valence-corrected chi connectivity index (χ3v) is 5.70. The second-order valence-corrected chi connectivity index (χ2v) is 7.92. The summed E-state index contributed by atoms with van der Waals surface area (Å²) in [5, 5.41) is 3.90. The van der Waals surface area contributed by atoms with Crippen molar-refractivity contribution in [2.75, 3.05) is 11.4 Å². The van der Waals surface area contributed by atoms with Gasteiger partial charge in [-0.2, -0.15) is 4.37 Å². The van der Waals surface area contributed by atoms with Crippen LogP contribution in [0.15, 0.2) is 24.3 Å². The van der Waals surface area contributed by atoms with Gasteiger partial charge in [0.15, 0.2) is 0 Å². The van der Waals surface area contributed by atoms with Crippen LogP contribution in [0.25, 0.3) is 0 Å². The maximum atomic E-state index is 13.0. The minimum Gasteiger partial charge on any atom is -0.352 e. The Balaban J connectivity index is 1.67. The van der Waals surface area contributed by atoms with E-state index >= 15 is 0 Å². The number of aromatic nitrogens is 2. The summed E-state index contributed by atoms with van der Waals surface area (Å²) in [6, 6.07) is 6.35. The molecule has 1 aromatic heterocycles. The van der Waals surface area contributed by atoms with Crippen molar-refractivity contribution < 1.29 is 9.18 Å². The average Bonchev–Trinajstić information content (AvgIpc) is 3.25. The third kappa shape index (κ3) is 4.38. The number of rotatable bonds is 6. The monoisotopic (exact) mass is 376 g/mol. The zero-order chi connectivity index (χ0) is 18.7. The highest BCUT2D eigenvalue weighted by molar-refractivity contribution is 7.09. The molecule has 2 heterocycles. The lowest BCUT2D eigenvalue weighted by molar-refractivity contribution is -0.123. The molecule has 26 heavy (non-hydrogen) atoms. The fraction of sp³-hybridized carbons (Fsp3) is 0.526. The molecule has 1 fully saturated rings. The number of amides is 1. The van der Waals surface area contributed by atoms with Crippen LogP contribution in [0.4, 0.5) is 9.52 Å². The van der Waals surface area contributed by atoms with Crippen LogP contribution >= 0.6 is 11.5 Å². The first kappa shape index (κ1) is 18.8. The Kier molecular flexibility index (Phi) is 5.86. The normalized spacial score (nSPS) is 18.3. The number of carbonyl (C=O) groups excluding carboxylic acids is 1. The number of nitrogens with zero attached hydrogens (tertiary/aromatic N) is 3. The highest BCUT2D eigenvalue weighted by Gasteiger charge is 2.33. The first-order chi connectivity index (χ1) is 12.4. The fourth-order valence-corrected chi connectivity index (χ4v) is 3.74. The van der Waals surface area contributed by atoms with E-state index in [9.17, 15) is 9.18 Å². The second-order valence-electron chi connectivity index (χ2n) is 7.19. The number of hydrogen-bond donors (Lipinski definition) is 1. The smallest absolute Gasteiger partial charge is 0.243 e. The second kappa shape index (κ2) is 8.12. The lowest BCUT2D eigenvalue weighted by Gasteiger charge is -2.25. The molecule has 0 radical (unpaired) electrons. The molecular weight excluding hydrogens is 351 g/mol. The van der Waals surface area contributed by atoms with E-state index in [1.165, 1.54) is 23.7 Å². The number of nitrogens with one attached hydrogen (secondary N) is 1. The summed E-state index contributed by atoms with van der Waals surface area (Å²) in [4.78, 5) is 19.3. The van der Waals surface area contributed by atoms with E-state index in [1.807, 2.05) is 6.92 Å². The molecule has 0 saturated carbocycles. The minimum atomic E-state index is -0.248. The van der Waals surface area contributed by atoms with E-state index in [4.69, 9.17) is 0 Å². The zero-order valence-corrected chi connectivity index (χ0v) is 16.2. The predicted octanol–water partition coefficient (Wildman–Crippen LogP) is 3.40. The highest BCUT2D eigenvalue weighted by atomic mass is 32.1. The van der Waals surface area contributed by atoms with Gasteiger partial charge < -0.3 is 10.2 Å². The Bertz CT molecular complexity index is 746. The van der Waals surface area contributed by atoms with Crippen molar-refractivity contribution in [1.82, 2.24) is 14.7 Å². The van der Waals surface area contributed by atoms with E-state index < -0.39 is 0 Å². The van der Waals surface area contributed by atoms with Gasteiger partial charge in [0.1, 0.15) is 17.7 Å². The molecule has 2 aromatic rings. The molecule has 1 N–H and O–H groups in total.